The van der Waals surface area contributed by atoms with Crippen molar-refractivity contribution >= 4 is 0 Å². The first-order valence-corrected chi connectivity index (χ1v) is 3.76. The summed E-state index contributed by atoms with van der Waals surface area (Å²) in [5, 5.41) is 26.8. The van der Waals surface area contributed by atoms with Crippen LogP contribution in [0.15, 0.2) is 0 Å². The van der Waals surface area contributed by atoms with Crippen molar-refractivity contribution in [3.63, 3.8) is 0 Å². The highest BCUT2D eigenvalue weighted by molar-refractivity contribution is 4.82. The van der Waals surface area contributed by atoms with Crippen molar-refractivity contribution in [3.05, 3.63) is 0 Å². The van der Waals surface area contributed by atoms with Gasteiger partial charge in [-0.3, -0.25) is 0 Å². The number of ether oxygens (including phenoxy) is 2. The van der Waals surface area contributed by atoms with Crippen molar-refractivity contribution in [2.45, 2.75) is 18.3 Å². The highest BCUT2D eigenvalue weighted by Crippen LogP contribution is 2.22. The third-order valence-electron chi connectivity index (χ3n) is 1.87. The lowest BCUT2D eigenvalue weighted by Crippen LogP contribution is -2.55. The van der Waals surface area contributed by atoms with Crippen LogP contribution in [0.1, 0.15) is 6.92 Å². The minimum atomic E-state index is -1.60. The van der Waals surface area contributed by atoms with Gasteiger partial charge in [-0.15, -0.1) is 0 Å². The fourth-order valence-electron chi connectivity index (χ4n) is 0.840. The van der Waals surface area contributed by atoms with E-state index < -0.39 is 18.0 Å². The minimum absolute atomic E-state index is 0.0700. The fourth-order valence-corrected chi connectivity index (χ4v) is 0.840. The Morgan fingerprint density at radius 3 is 2.17 bits per heavy atom. The van der Waals surface area contributed by atoms with Gasteiger partial charge in [-0.1, -0.05) is 0 Å². The highest BCUT2D eigenvalue weighted by Gasteiger charge is 2.40. The summed E-state index contributed by atoms with van der Waals surface area (Å²) in [6.07, 6.45) is 0. The molecule has 72 valence electrons. The summed E-state index contributed by atoms with van der Waals surface area (Å²) < 4.78 is 10.1. The maximum Gasteiger partial charge on any atom is 0.213 e. The second-order valence-electron chi connectivity index (χ2n) is 3.29. The third-order valence-corrected chi connectivity index (χ3v) is 1.87. The van der Waals surface area contributed by atoms with E-state index in [9.17, 15) is 5.11 Å². The molecule has 1 unspecified atom stereocenters. The lowest BCUT2D eigenvalue weighted by Gasteiger charge is -2.40. The molecular weight excluding hydrogens is 164 g/mol. The Kier molecular flexibility index (Phi) is 2.70. The number of aliphatic hydroxyl groups is 3. The second-order valence-corrected chi connectivity index (χ2v) is 3.29. The predicted molar refractivity (Wildman–Crippen MR) is 39.4 cm³/mol. The second kappa shape index (κ2) is 3.27. The zero-order valence-electron chi connectivity index (χ0n) is 6.99. The zero-order valence-corrected chi connectivity index (χ0v) is 6.99. The van der Waals surface area contributed by atoms with E-state index in [2.05, 4.69) is 0 Å². The summed E-state index contributed by atoms with van der Waals surface area (Å²) in [4.78, 5) is 0. The molecule has 0 aliphatic carbocycles. The normalized spacial score (nSPS) is 43.0. The largest absolute Gasteiger partial charge is 0.393 e. The quantitative estimate of drug-likeness (QED) is 0.478. The summed E-state index contributed by atoms with van der Waals surface area (Å²) in [6, 6.07) is 0. The van der Waals surface area contributed by atoms with Crippen LogP contribution < -0.4 is 0 Å². The average Bonchev–Trinajstić information content (AvgIpc) is 2.11. The summed E-state index contributed by atoms with van der Waals surface area (Å²) in [5.74, 6) is -1.60. The van der Waals surface area contributed by atoms with Gasteiger partial charge in [-0.2, -0.15) is 0 Å². The van der Waals surface area contributed by atoms with Crippen LogP contribution in [0.3, 0.4) is 0 Å². The van der Waals surface area contributed by atoms with Gasteiger partial charge in [-0.25, -0.2) is 0 Å². The molecule has 1 saturated heterocycles. The molecule has 0 saturated carbocycles. The molecule has 0 aromatic carbocycles. The van der Waals surface area contributed by atoms with Gasteiger partial charge >= 0.3 is 0 Å². The Morgan fingerprint density at radius 1 is 1.17 bits per heavy atom. The SMILES string of the molecule is C[C@@]1(CO)COC(O)(CO)CO1. The van der Waals surface area contributed by atoms with Crippen LogP contribution in [0, 0.1) is 0 Å². The highest BCUT2D eigenvalue weighted by atomic mass is 16.7. The molecule has 1 heterocycles. The van der Waals surface area contributed by atoms with Gasteiger partial charge < -0.3 is 24.8 Å². The topological polar surface area (TPSA) is 79.2 Å². The predicted octanol–water partition coefficient (Wildman–Crippen LogP) is -1.53. The molecular formula is C7H14O5. The Bertz CT molecular complexity index is 132. The molecule has 0 radical (unpaired) electrons. The Labute approximate surface area is 70.5 Å². The van der Waals surface area contributed by atoms with E-state index in [0.29, 0.717) is 0 Å². The van der Waals surface area contributed by atoms with Crippen LogP contribution in [-0.4, -0.2) is 53.1 Å². The molecule has 0 bridgehead atoms. The van der Waals surface area contributed by atoms with Crippen LogP contribution in [0.5, 0.6) is 0 Å². The minimum Gasteiger partial charge on any atom is -0.393 e. The van der Waals surface area contributed by atoms with E-state index in [1.165, 1.54) is 0 Å². The van der Waals surface area contributed by atoms with E-state index in [1.54, 1.807) is 6.92 Å². The van der Waals surface area contributed by atoms with Gasteiger partial charge in [-0.05, 0) is 6.92 Å². The molecule has 1 fully saturated rings. The van der Waals surface area contributed by atoms with Crippen molar-refractivity contribution in [1.29, 1.82) is 0 Å². The van der Waals surface area contributed by atoms with Gasteiger partial charge in [0.25, 0.3) is 0 Å². The van der Waals surface area contributed by atoms with E-state index in [1.807, 2.05) is 0 Å². The molecule has 0 amide bonds. The van der Waals surface area contributed by atoms with Crippen LogP contribution >= 0.6 is 0 Å². The van der Waals surface area contributed by atoms with Gasteiger partial charge in [0, 0.05) is 0 Å². The Hall–Kier alpha value is -0.200. The summed E-state index contributed by atoms with van der Waals surface area (Å²) in [6.45, 7) is 0.939. The van der Waals surface area contributed by atoms with Crippen molar-refractivity contribution in [1.82, 2.24) is 0 Å². The van der Waals surface area contributed by atoms with E-state index in [4.69, 9.17) is 19.7 Å². The number of rotatable bonds is 2. The van der Waals surface area contributed by atoms with Crippen LogP contribution in [-0.2, 0) is 9.47 Å². The number of hydrogen-bond acceptors (Lipinski definition) is 5. The first-order valence-electron chi connectivity index (χ1n) is 3.76. The van der Waals surface area contributed by atoms with E-state index in [0.717, 1.165) is 0 Å². The Morgan fingerprint density at radius 2 is 1.83 bits per heavy atom. The molecule has 5 heteroatoms. The smallest absolute Gasteiger partial charge is 0.213 e. The summed E-state index contributed by atoms with van der Waals surface area (Å²) >= 11 is 0. The van der Waals surface area contributed by atoms with Gasteiger partial charge in [0.1, 0.15) is 12.2 Å². The number of aliphatic hydroxyl groups excluding tert-OH is 2. The molecule has 0 spiro atoms. The van der Waals surface area contributed by atoms with Gasteiger partial charge in [0.2, 0.25) is 5.79 Å². The van der Waals surface area contributed by atoms with Crippen molar-refractivity contribution in [2.24, 2.45) is 0 Å². The van der Waals surface area contributed by atoms with Gasteiger partial charge in [0.05, 0.1) is 19.8 Å². The van der Waals surface area contributed by atoms with E-state index >= 15 is 0 Å². The molecule has 2 atom stereocenters. The molecule has 12 heavy (non-hydrogen) atoms. The van der Waals surface area contributed by atoms with Crippen molar-refractivity contribution in [3.8, 4) is 0 Å². The standard InChI is InChI=1S/C7H14O5/c1-6(2-8)4-12-7(10,3-9)5-11-6/h8-10H,2-5H2,1H3/t6-,7?/m1/s1. The molecule has 1 rings (SSSR count). The lowest BCUT2D eigenvalue weighted by atomic mass is 10.1. The number of hydrogen-bond donors (Lipinski definition) is 3. The molecule has 1 aliphatic heterocycles. The maximum atomic E-state index is 9.33. The van der Waals surface area contributed by atoms with Gasteiger partial charge in [0.15, 0.2) is 0 Å². The fraction of sp³-hybridized carbons (Fsp3) is 1.00. The van der Waals surface area contributed by atoms with Crippen LogP contribution in [0.25, 0.3) is 0 Å². The first-order chi connectivity index (χ1) is 5.54. The van der Waals surface area contributed by atoms with Crippen LogP contribution in [0.2, 0.25) is 0 Å². The zero-order chi connectivity index (χ0) is 9.24. The first kappa shape index (κ1) is 9.88. The van der Waals surface area contributed by atoms with Crippen LogP contribution in [0.4, 0.5) is 0 Å². The molecule has 0 aromatic heterocycles. The van der Waals surface area contributed by atoms with E-state index in [-0.39, 0.29) is 19.8 Å². The maximum absolute atomic E-state index is 9.33. The monoisotopic (exact) mass is 178 g/mol. The van der Waals surface area contributed by atoms with Crippen molar-refractivity contribution < 1.29 is 24.8 Å². The lowest BCUT2D eigenvalue weighted by molar-refractivity contribution is -0.325. The molecule has 5 nitrogen and oxygen atoms in total. The third kappa shape index (κ3) is 1.94. The molecule has 1 aliphatic rings. The van der Waals surface area contributed by atoms with Crippen molar-refractivity contribution in [2.75, 3.05) is 26.4 Å². The molecule has 0 aromatic rings. The average molecular weight is 178 g/mol. The Balaban J connectivity index is 2.49. The summed E-state index contributed by atoms with van der Waals surface area (Å²) in [5.41, 5.74) is -0.762. The molecule has 3 N–H and O–H groups in total. The summed E-state index contributed by atoms with van der Waals surface area (Å²) in [7, 11) is 0.